The van der Waals surface area contributed by atoms with Gasteiger partial charge in [-0.25, -0.2) is 4.79 Å². The molecule has 0 N–H and O–H groups in total. The Morgan fingerprint density at radius 1 is 1.54 bits per heavy atom. The number of rotatable bonds is 3. The molecule has 0 rings (SSSR count). The Bertz CT molecular complexity index is 266. The first-order valence-corrected chi connectivity index (χ1v) is 4.75. The summed E-state index contributed by atoms with van der Waals surface area (Å²) < 4.78 is 4.48. The highest BCUT2D eigenvalue weighted by molar-refractivity contribution is 8.02. The van der Waals surface area contributed by atoms with Crippen LogP contribution in [0, 0.1) is 11.3 Å². The van der Waals surface area contributed by atoms with E-state index in [4.69, 9.17) is 5.26 Å². The third kappa shape index (κ3) is 2.99. The van der Waals surface area contributed by atoms with E-state index in [-0.39, 0.29) is 5.57 Å². The zero-order valence-electron chi connectivity index (χ0n) is 8.12. The van der Waals surface area contributed by atoms with Crippen LogP contribution in [0.5, 0.6) is 0 Å². The van der Waals surface area contributed by atoms with Gasteiger partial charge in [0, 0.05) is 14.1 Å². The molecule has 4 nitrogen and oxygen atoms in total. The molecule has 0 aromatic carbocycles. The molecular formula is C8H12N2O2S. The molecular weight excluding hydrogens is 188 g/mol. The van der Waals surface area contributed by atoms with Gasteiger partial charge in [0.15, 0.2) is 5.57 Å². The molecule has 0 saturated carbocycles. The normalized spacial score (nSPS) is 11.3. The van der Waals surface area contributed by atoms with E-state index in [2.05, 4.69) is 4.74 Å². The van der Waals surface area contributed by atoms with Gasteiger partial charge in [0.05, 0.1) is 12.1 Å². The van der Waals surface area contributed by atoms with Gasteiger partial charge in [-0.2, -0.15) is 5.26 Å². The van der Waals surface area contributed by atoms with Crippen LogP contribution in [0.2, 0.25) is 0 Å². The second-order valence-electron chi connectivity index (χ2n) is 2.38. The van der Waals surface area contributed by atoms with Crippen LogP contribution >= 0.6 is 11.8 Å². The van der Waals surface area contributed by atoms with E-state index in [1.54, 1.807) is 25.3 Å². The van der Waals surface area contributed by atoms with Gasteiger partial charge in [0.25, 0.3) is 0 Å². The van der Waals surface area contributed by atoms with Crippen molar-refractivity contribution >= 4 is 17.7 Å². The van der Waals surface area contributed by atoms with Crippen molar-refractivity contribution in [2.24, 2.45) is 0 Å². The second-order valence-corrected chi connectivity index (χ2v) is 3.18. The molecule has 0 bridgehead atoms. The molecule has 0 amide bonds. The lowest BCUT2D eigenvalue weighted by Gasteiger charge is -2.15. The monoisotopic (exact) mass is 200 g/mol. The van der Waals surface area contributed by atoms with E-state index >= 15 is 0 Å². The Balaban J connectivity index is 5.09. The molecule has 0 heterocycles. The van der Waals surface area contributed by atoms with Crippen LogP contribution in [0.25, 0.3) is 0 Å². The van der Waals surface area contributed by atoms with E-state index in [0.29, 0.717) is 5.03 Å². The molecule has 0 aromatic heterocycles. The second kappa shape index (κ2) is 5.49. The van der Waals surface area contributed by atoms with Gasteiger partial charge >= 0.3 is 5.97 Å². The van der Waals surface area contributed by atoms with Gasteiger partial charge in [-0.3, -0.25) is 0 Å². The first kappa shape index (κ1) is 11.8. The van der Waals surface area contributed by atoms with Crippen molar-refractivity contribution in [3.8, 4) is 6.07 Å². The summed E-state index contributed by atoms with van der Waals surface area (Å²) in [5.74, 6) is -0.597. The zero-order chi connectivity index (χ0) is 10.4. The minimum Gasteiger partial charge on any atom is -0.465 e. The van der Waals surface area contributed by atoms with Crippen molar-refractivity contribution in [1.29, 1.82) is 5.26 Å². The topological polar surface area (TPSA) is 53.3 Å². The van der Waals surface area contributed by atoms with E-state index in [1.807, 2.05) is 6.07 Å². The molecule has 5 heteroatoms. The first-order chi connectivity index (χ1) is 6.08. The summed E-state index contributed by atoms with van der Waals surface area (Å²) in [6.45, 7) is 0. The van der Waals surface area contributed by atoms with Crippen molar-refractivity contribution < 1.29 is 9.53 Å². The number of nitrogens with zero attached hydrogens (tertiary/aromatic N) is 2. The summed E-state index contributed by atoms with van der Waals surface area (Å²) in [6, 6.07) is 1.83. The minimum atomic E-state index is -0.597. The SMILES string of the molecule is COC(=O)C(C#N)=C(SC)N(C)C. The predicted octanol–water partition coefficient (Wildman–Crippen LogP) is 0.819. The number of methoxy groups -OCH3 is 1. The van der Waals surface area contributed by atoms with Crippen molar-refractivity contribution in [2.45, 2.75) is 0 Å². The predicted molar refractivity (Wildman–Crippen MR) is 51.9 cm³/mol. The highest BCUT2D eigenvalue weighted by Crippen LogP contribution is 2.19. The first-order valence-electron chi connectivity index (χ1n) is 3.52. The highest BCUT2D eigenvalue weighted by atomic mass is 32.2. The number of hydrogen-bond donors (Lipinski definition) is 0. The average Bonchev–Trinajstić information content (AvgIpc) is 2.12. The molecule has 72 valence electrons. The van der Waals surface area contributed by atoms with Crippen LogP contribution in [0.15, 0.2) is 10.6 Å². The van der Waals surface area contributed by atoms with Gasteiger partial charge in [0.1, 0.15) is 6.07 Å². The van der Waals surface area contributed by atoms with E-state index in [1.165, 1.54) is 18.9 Å². The molecule has 0 radical (unpaired) electrons. The average molecular weight is 200 g/mol. The van der Waals surface area contributed by atoms with Crippen LogP contribution in [-0.2, 0) is 9.53 Å². The molecule has 0 aliphatic carbocycles. The molecule has 0 fully saturated rings. The van der Waals surface area contributed by atoms with Crippen molar-refractivity contribution in [1.82, 2.24) is 4.90 Å². The third-order valence-corrected chi connectivity index (χ3v) is 2.27. The molecule has 0 aromatic rings. The van der Waals surface area contributed by atoms with Crippen molar-refractivity contribution in [3.05, 3.63) is 10.6 Å². The van der Waals surface area contributed by atoms with Crippen LogP contribution in [0.4, 0.5) is 0 Å². The Morgan fingerprint density at radius 3 is 2.31 bits per heavy atom. The molecule has 0 spiro atoms. The number of thioether (sulfide) groups is 1. The van der Waals surface area contributed by atoms with Gasteiger partial charge < -0.3 is 9.64 Å². The zero-order valence-corrected chi connectivity index (χ0v) is 8.94. The molecule has 0 unspecified atom stereocenters. The van der Waals surface area contributed by atoms with Crippen LogP contribution < -0.4 is 0 Å². The fourth-order valence-electron chi connectivity index (χ4n) is 0.791. The Labute approximate surface area is 82.2 Å². The third-order valence-electron chi connectivity index (χ3n) is 1.31. The molecule has 13 heavy (non-hydrogen) atoms. The smallest absolute Gasteiger partial charge is 0.351 e. The minimum absolute atomic E-state index is 0.0417. The van der Waals surface area contributed by atoms with Gasteiger partial charge in [-0.1, -0.05) is 0 Å². The summed E-state index contributed by atoms with van der Waals surface area (Å²) in [4.78, 5) is 12.8. The molecule has 0 aliphatic rings. The lowest BCUT2D eigenvalue weighted by atomic mass is 10.3. The summed E-state index contributed by atoms with van der Waals surface area (Å²) in [5.41, 5.74) is 0.0417. The maximum atomic E-state index is 11.1. The quantitative estimate of drug-likeness (QED) is 0.383. The van der Waals surface area contributed by atoms with Gasteiger partial charge in [-0.05, 0) is 6.26 Å². The van der Waals surface area contributed by atoms with Crippen LogP contribution in [-0.4, -0.2) is 38.3 Å². The highest BCUT2D eigenvalue weighted by Gasteiger charge is 2.16. The number of ether oxygens (including phenoxy) is 1. The van der Waals surface area contributed by atoms with Crippen molar-refractivity contribution in [3.63, 3.8) is 0 Å². The number of esters is 1. The maximum absolute atomic E-state index is 11.1. The molecule has 0 aliphatic heterocycles. The Hall–Kier alpha value is -1.15. The fraction of sp³-hybridized carbons (Fsp3) is 0.500. The van der Waals surface area contributed by atoms with E-state index in [0.717, 1.165) is 0 Å². The van der Waals surface area contributed by atoms with Gasteiger partial charge in [0.2, 0.25) is 0 Å². The summed E-state index contributed by atoms with van der Waals surface area (Å²) in [6.07, 6.45) is 1.80. The van der Waals surface area contributed by atoms with Crippen molar-refractivity contribution in [2.75, 3.05) is 27.5 Å². The Kier molecular flexibility index (Phi) is 5.00. The lowest BCUT2D eigenvalue weighted by Crippen LogP contribution is -2.15. The number of carbonyl (C=O) groups excluding carboxylic acids is 1. The fourth-order valence-corrected chi connectivity index (χ4v) is 1.49. The summed E-state index contributed by atoms with van der Waals surface area (Å²) >= 11 is 1.34. The van der Waals surface area contributed by atoms with E-state index in [9.17, 15) is 4.79 Å². The van der Waals surface area contributed by atoms with Gasteiger partial charge in [-0.15, -0.1) is 11.8 Å². The van der Waals surface area contributed by atoms with Crippen LogP contribution in [0.3, 0.4) is 0 Å². The van der Waals surface area contributed by atoms with Crippen LogP contribution in [0.1, 0.15) is 0 Å². The molecule has 0 saturated heterocycles. The Morgan fingerprint density at radius 2 is 2.08 bits per heavy atom. The standard InChI is InChI=1S/C8H12N2O2S/c1-10(2)7(13-4)6(5-9)8(11)12-3/h1-4H3. The maximum Gasteiger partial charge on any atom is 0.351 e. The number of nitriles is 1. The summed E-state index contributed by atoms with van der Waals surface area (Å²) in [5, 5.41) is 9.34. The largest absolute Gasteiger partial charge is 0.465 e. The molecule has 0 atom stereocenters. The lowest BCUT2D eigenvalue weighted by molar-refractivity contribution is -0.135. The summed E-state index contributed by atoms with van der Waals surface area (Å²) in [7, 11) is 4.80. The number of carbonyl (C=O) groups is 1. The van der Waals surface area contributed by atoms with E-state index < -0.39 is 5.97 Å². The number of hydrogen-bond acceptors (Lipinski definition) is 5.